The van der Waals surface area contributed by atoms with Gasteiger partial charge in [0, 0.05) is 0 Å². The van der Waals surface area contributed by atoms with Gasteiger partial charge in [-0.25, -0.2) is 0 Å². The van der Waals surface area contributed by atoms with Crippen LogP contribution in [0.5, 0.6) is 11.5 Å². The first kappa shape index (κ1) is 16.3. The Hall–Kier alpha value is -1.75. The number of carbonyl (C=O) groups is 1. The van der Waals surface area contributed by atoms with Gasteiger partial charge < -0.3 is 20.5 Å². The molecule has 0 radical (unpaired) electrons. The Morgan fingerprint density at radius 2 is 1.90 bits per heavy atom. The molecule has 112 valence electrons. The van der Waals surface area contributed by atoms with Crippen LogP contribution >= 0.6 is 0 Å². The molecule has 1 amide bonds. The predicted octanol–water partition coefficient (Wildman–Crippen LogP) is 1.56. The molecule has 20 heavy (non-hydrogen) atoms. The highest BCUT2D eigenvalue weighted by atomic mass is 16.5. The van der Waals surface area contributed by atoms with Gasteiger partial charge in [-0.3, -0.25) is 4.79 Å². The van der Waals surface area contributed by atoms with Crippen molar-refractivity contribution in [2.24, 2.45) is 11.1 Å². The average Bonchev–Trinajstić information content (AvgIpc) is 2.41. The quantitative estimate of drug-likeness (QED) is 0.776. The molecule has 1 rings (SSSR count). The van der Waals surface area contributed by atoms with Crippen LogP contribution in [0.25, 0.3) is 0 Å². The smallest absolute Gasteiger partial charge is 0.237 e. The lowest BCUT2D eigenvalue weighted by molar-refractivity contribution is -0.124. The normalized spacial score (nSPS) is 12.7. The van der Waals surface area contributed by atoms with Gasteiger partial charge >= 0.3 is 0 Å². The number of hydrogen-bond acceptors (Lipinski definition) is 4. The van der Waals surface area contributed by atoms with Crippen LogP contribution in [-0.4, -0.2) is 32.2 Å². The van der Waals surface area contributed by atoms with Gasteiger partial charge in [0.05, 0.1) is 19.7 Å². The minimum atomic E-state index is -0.534. The van der Waals surface area contributed by atoms with Crippen LogP contribution in [-0.2, 0) is 4.79 Å². The lowest BCUT2D eigenvalue weighted by atomic mass is 9.87. The Morgan fingerprint density at radius 3 is 2.45 bits per heavy atom. The summed E-state index contributed by atoms with van der Waals surface area (Å²) >= 11 is 0. The van der Waals surface area contributed by atoms with Crippen LogP contribution in [0, 0.1) is 5.41 Å². The van der Waals surface area contributed by atoms with Gasteiger partial charge in [0.2, 0.25) is 5.91 Å². The second-order valence-corrected chi connectivity index (χ2v) is 5.63. The van der Waals surface area contributed by atoms with E-state index in [0.29, 0.717) is 24.7 Å². The molecule has 5 nitrogen and oxygen atoms in total. The molecular formula is C15H24N2O3. The van der Waals surface area contributed by atoms with Crippen molar-refractivity contribution in [2.75, 3.05) is 20.3 Å². The molecule has 1 atom stereocenters. The summed E-state index contributed by atoms with van der Waals surface area (Å²) < 4.78 is 10.7. The molecule has 0 fully saturated rings. The molecule has 0 aromatic heterocycles. The Balaban J connectivity index is 2.37. The lowest BCUT2D eigenvalue weighted by Gasteiger charge is -2.25. The van der Waals surface area contributed by atoms with E-state index in [0.717, 1.165) is 0 Å². The first-order chi connectivity index (χ1) is 9.36. The van der Waals surface area contributed by atoms with E-state index >= 15 is 0 Å². The van der Waals surface area contributed by atoms with E-state index in [4.69, 9.17) is 15.2 Å². The summed E-state index contributed by atoms with van der Waals surface area (Å²) in [5, 5.41) is 2.77. The van der Waals surface area contributed by atoms with Gasteiger partial charge in [-0.1, -0.05) is 32.9 Å². The minimum Gasteiger partial charge on any atom is -0.493 e. The van der Waals surface area contributed by atoms with Gasteiger partial charge in [0.15, 0.2) is 11.5 Å². The van der Waals surface area contributed by atoms with Crippen molar-refractivity contribution in [1.29, 1.82) is 0 Å². The number of hydrogen-bond donors (Lipinski definition) is 2. The molecule has 0 aliphatic rings. The summed E-state index contributed by atoms with van der Waals surface area (Å²) in [7, 11) is 1.59. The van der Waals surface area contributed by atoms with E-state index in [2.05, 4.69) is 5.32 Å². The van der Waals surface area contributed by atoms with Crippen molar-refractivity contribution in [1.82, 2.24) is 5.32 Å². The SMILES string of the molecule is COc1ccccc1OCCNC(=O)C(N)C(C)(C)C. The fraction of sp³-hybridized carbons (Fsp3) is 0.533. The zero-order valence-electron chi connectivity index (χ0n) is 12.6. The van der Waals surface area contributed by atoms with Gasteiger partial charge in [-0.2, -0.15) is 0 Å². The Labute approximate surface area is 120 Å². The van der Waals surface area contributed by atoms with Crippen LogP contribution in [0.15, 0.2) is 24.3 Å². The van der Waals surface area contributed by atoms with E-state index in [1.807, 2.05) is 45.0 Å². The molecule has 3 N–H and O–H groups in total. The number of nitrogens with two attached hydrogens (primary N) is 1. The first-order valence-corrected chi connectivity index (χ1v) is 6.65. The summed E-state index contributed by atoms with van der Waals surface area (Å²) in [5.74, 6) is 1.16. The molecule has 0 saturated carbocycles. The van der Waals surface area contributed by atoms with E-state index < -0.39 is 6.04 Å². The summed E-state index contributed by atoms with van der Waals surface area (Å²) in [4.78, 5) is 11.8. The van der Waals surface area contributed by atoms with Crippen molar-refractivity contribution < 1.29 is 14.3 Å². The number of para-hydroxylation sites is 2. The second kappa shape index (κ2) is 7.14. The number of rotatable bonds is 6. The van der Waals surface area contributed by atoms with Crippen molar-refractivity contribution in [3.63, 3.8) is 0 Å². The largest absolute Gasteiger partial charge is 0.493 e. The third-order valence-electron chi connectivity index (χ3n) is 2.94. The highest BCUT2D eigenvalue weighted by Gasteiger charge is 2.26. The molecular weight excluding hydrogens is 256 g/mol. The van der Waals surface area contributed by atoms with Crippen LogP contribution in [0.2, 0.25) is 0 Å². The van der Waals surface area contributed by atoms with Crippen LogP contribution < -0.4 is 20.5 Å². The number of nitrogens with one attached hydrogen (secondary N) is 1. The maximum Gasteiger partial charge on any atom is 0.237 e. The fourth-order valence-electron chi connectivity index (χ4n) is 1.58. The topological polar surface area (TPSA) is 73.6 Å². The second-order valence-electron chi connectivity index (χ2n) is 5.63. The number of benzene rings is 1. The zero-order valence-corrected chi connectivity index (χ0v) is 12.6. The molecule has 0 heterocycles. The molecule has 0 bridgehead atoms. The number of methoxy groups -OCH3 is 1. The van der Waals surface area contributed by atoms with Crippen molar-refractivity contribution in [3.8, 4) is 11.5 Å². The van der Waals surface area contributed by atoms with Crippen molar-refractivity contribution in [3.05, 3.63) is 24.3 Å². The third kappa shape index (κ3) is 4.74. The number of amides is 1. The molecule has 1 aromatic rings. The zero-order chi connectivity index (χ0) is 15.2. The maximum atomic E-state index is 11.8. The van der Waals surface area contributed by atoms with E-state index in [1.165, 1.54) is 0 Å². The van der Waals surface area contributed by atoms with Crippen LogP contribution in [0.3, 0.4) is 0 Å². The summed E-state index contributed by atoms with van der Waals surface area (Å²) in [5.41, 5.74) is 5.60. The van der Waals surface area contributed by atoms with Crippen molar-refractivity contribution in [2.45, 2.75) is 26.8 Å². The van der Waals surface area contributed by atoms with Gasteiger partial charge in [-0.15, -0.1) is 0 Å². The standard InChI is InChI=1S/C15H24N2O3/c1-15(2,3)13(16)14(18)17-9-10-20-12-8-6-5-7-11(12)19-4/h5-8,13H,9-10,16H2,1-4H3,(H,17,18). The molecule has 0 saturated heterocycles. The lowest BCUT2D eigenvalue weighted by Crippen LogP contribution is -2.49. The number of ether oxygens (including phenoxy) is 2. The summed E-state index contributed by atoms with van der Waals surface area (Å²) in [6, 6.07) is 6.85. The van der Waals surface area contributed by atoms with E-state index in [-0.39, 0.29) is 11.3 Å². The average molecular weight is 280 g/mol. The molecule has 0 aliphatic carbocycles. The first-order valence-electron chi connectivity index (χ1n) is 6.65. The van der Waals surface area contributed by atoms with Crippen LogP contribution in [0.1, 0.15) is 20.8 Å². The molecule has 1 unspecified atom stereocenters. The highest BCUT2D eigenvalue weighted by molar-refractivity contribution is 5.82. The van der Waals surface area contributed by atoms with Gasteiger partial charge in [-0.05, 0) is 17.5 Å². The molecule has 1 aromatic carbocycles. The fourth-order valence-corrected chi connectivity index (χ4v) is 1.58. The monoisotopic (exact) mass is 280 g/mol. The Morgan fingerprint density at radius 1 is 1.30 bits per heavy atom. The van der Waals surface area contributed by atoms with E-state index in [9.17, 15) is 4.79 Å². The third-order valence-corrected chi connectivity index (χ3v) is 2.94. The molecule has 0 spiro atoms. The Kier molecular flexibility index (Phi) is 5.82. The van der Waals surface area contributed by atoms with E-state index in [1.54, 1.807) is 7.11 Å². The highest BCUT2D eigenvalue weighted by Crippen LogP contribution is 2.25. The number of carbonyl (C=O) groups excluding carboxylic acids is 1. The predicted molar refractivity (Wildman–Crippen MR) is 78.9 cm³/mol. The van der Waals surface area contributed by atoms with Crippen LogP contribution in [0.4, 0.5) is 0 Å². The molecule has 0 aliphatic heterocycles. The molecule has 5 heteroatoms. The van der Waals surface area contributed by atoms with Gasteiger partial charge in [0.1, 0.15) is 6.61 Å². The summed E-state index contributed by atoms with van der Waals surface area (Å²) in [6.07, 6.45) is 0. The summed E-state index contributed by atoms with van der Waals surface area (Å²) in [6.45, 7) is 6.57. The Bertz CT molecular complexity index is 441. The minimum absolute atomic E-state index is 0.166. The maximum absolute atomic E-state index is 11.8. The van der Waals surface area contributed by atoms with Gasteiger partial charge in [0.25, 0.3) is 0 Å². The van der Waals surface area contributed by atoms with Crippen molar-refractivity contribution >= 4 is 5.91 Å².